The molecule has 1 aliphatic heterocycles. The Hall–Kier alpha value is -2.20. The summed E-state index contributed by atoms with van der Waals surface area (Å²) >= 11 is 0. The molecule has 22 heavy (non-hydrogen) atoms. The number of amides is 1. The van der Waals surface area contributed by atoms with Gasteiger partial charge in [0.25, 0.3) is 5.91 Å². The molecular weight excluding hydrogens is 274 g/mol. The lowest BCUT2D eigenvalue weighted by atomic mass is 10.2. The molecule has 0 aliphatic carbocycles. The van der Waals surface area contributed by atoms with Crippen LogP contribution in [0, 0.1) is 0 Å². The van der Waals surface area contributed by atoms with Gasteiger partial charge in [0.15, 0.2) is 0 Å². The van der Waals surface area contributed by atoms with Crippen LogP contribution in [0.5, 0.6) is 0 Å². The number of aromatic nitrogens is 1. The molecular formula is C18H21N3O. The van der Waals surface area contributed by atoms with Crippen molar-refractivity contribution in [1.29, 1.82) is 0 Å². The number of benzene rings is 1. The van der Waals surface area contributed by atoms with E-state index in [1.54, 1.807) is 12.4 Å². The second kappa shape index (κ2) is 7.18. The maximum Gasteiger partial charge on any atom is 0.255 e. The van der Waals surface area contributed by atoms with E-state index in [-0.39, 0.29) is 5.91 Å². The van der Waals surface area contributed by atoms with Crippen LogP contribution in [-0.2, 0) is 6.54 Å². The Bertz CT molecular complexity index is 600. The van der Waals surface area contributed by atoms with Gasteiger partial charge in [-0.3, -0.25) is 14.7 Å². The van der Waals surface area contributed by atoms with Crippen LogP contribution in [0.2, 0.25) is 0 Å². The fourth-order valence-corrected chi connectivity index (χ4v) is 2.85. The molecule has 0 bridgehead atoms. The van der Waals surface area contributed by atoms with Crippen molar-refractivity contribution in [1.82, 2.24) is 14.8 Å². The third-order valence-electron chi connectivity index (χ3n) is 4.03. The quantitative estimate of drug-likeness (QED) is 0.872. The topological polar surface area (TPSA) is 36.4 Å². The Morgan fingerprint density at radius 3 is 2.64 bits per heavy atom. The predicted molar refractivity (Wildman–Crippen MR) is 86.5 cm³/mol. The molecule has 2 aromatic rings. The fraction of sp³-hybridized carbons (Fsp3) is 0.333. The van der Waals surface area contributed by atoms with Crippen molar-refractivity contribution in [3.05, 3.63) is 66.0 Å². The van der Waals surface area contributed by atoms with E-state index in [4.69, 9.17) is 0 Å². The minimum absolute atomic E-state index is 0.0923. The van der Waals surface area contributed by atoms with Crippen LogP contribution >= 0.6 is 0 Å². The summed E-state index contributed by atoms with van der Waals surface area (Å²) in [5, 5.41) is 0. The van der Waals surface area contributed by atoms with Crippen LogP contribution in [0.3, 0.4) is 0 Å². The van der Waals surface area contributed by atoms with Crippen LogP contribution in [0.15, 0.2) is 54.9 Å². The van der Waals surface area contributed by atoms with Crippen molar-refractivity contribution in [2.75, 3.05) is 26.2 Å². The van der Waals surface area contributed by atoms with Gasteiger partial charge in [-0.15, -0.1) is 0 Å². The van der Waals surface area contributed by atoms with Crippen molar-refractivity contribution < 1.29 is 4.79 Å². The highest BCUT2D eigenvalue weighted by molar-refractivity contribution is 5.93. The lowest BCUT2D eigenvalue weighted by Crippen LogP contribution is -2.35. The molecule has 1 fully saturated rings. The fourth-order valence-electron chi connectivity index (χ4n) is 2.85. The van der Waals surface area contributed by atoms with E-state index in [9.17, 15) is 4.79 Å². The lowest BCUT2D eigenvalue weighted by molar-refractivity contribution is 0.0760. The van der Waals surface area contributed by atoms with Crippen molar-refractivity contribution in [3.63, 3.8) is 0 Å². The third kappa shape index (κ3) is 3.71. The van der Waals surface area contributed by atoms with Crippen LogP contribution in [0.4, 0.5) is 0 Å². The van der Waals surface area contributed by atoms with E-state index in [1.165, 1.54) is 5.56 Å². The summed E-state index contributed by atoms with van der Waals surface area (Å²) in [6.07, 6.45) is 4.36. The van der Waals surface area contributed by atoms with Gasteiger partial charge in [0.1, 0.15) is 0 Å². The zero-order chi connectivity index (χ0) is 15.2. The van der Waals surface area contributed by atoms with Crippen molar-refractivity contribution in [3.8, 4) is 0 Å². The smallest absolute Gasteiger partial charge is 0.255 e. The molecule has 2 heterocycles. The Morgan fingerprint density at radius 1 is 1.00 bits per heavy atom. The molecule has 4 heteroatoms. The van der Waals surface area contributed by atoms with Gasteiger partial charge in [0.05, 0.1) is 5.56 Å². The molecule has 114 valence electrons. The van der Waals surface area contributed by atoms with E-state index >= 15 is 0 Å². The summed E-state index contributed by atoms with van der Waals surface area (Å²) in [5.41, 5.74) is 2.01. The molecule has 1 aliphatic rings. The first-order chi connectivity index (χ1) is 10.8. The van der Waals surface area contributed by atoms with Gasteiger partial charge >= 0.3 is 0 Å². The van der Waals surface area contributed by atoms with E-state index in [2.05, 4.69) is 34.1 Å². The molecule has 0 radical (unpaired) electrons. The van der Waals surface area contributed by atoms with Gasteiger partial charge in [0, 0.05) is 45.1 Å². The zero-order valence-corrected chi connectivity index (χ0v) is 12.7. The number of carbonyl (C=O) groups is 1. The van der Waals surface area contributed by atoms with E-state index in [1.807, 2.05) is 23.1 Å². The lowest BCUT2D eigenvalue weighted by Gasteiger charge is -2.22. The zero-order valence-electron chi connectivity index (χ0n) is 12.7. The summed E-state index contributed by atoms with van der Waals surface area (Å²) in [6, 6.07) is 14.2. The van der Waals surface area contributed by atoms with Crippen molar-refractivity contribution >= 4 is 5.91 Å². The van der Waals surface area contributed by atoms with Gasteiger partial charge in [-0.25, -0.2) is 0 Å². The third-order valence-corrected chi connectivity index (χ3v) is 4.03. The van der Waals surface area contributed by atoms with Crippen molar-refractivity contribution in [2.24, 2.45) is 0 Å². The molecule has 1 amide bonds. The minimum Gasteiger partial charge on any atom is -0.337 e. The number of nitrogens with zero attached hydrogens (tertiary/aromatic N) is 3. The molecule has 0 atom stereocenters. The average Bonchev–Trinajstić information content (AvgIpc) is 2.82. The molecule has 0 spiro atoms. The van der Waals surface area contributed by atoms with Gasteiger partial charge in [-0.05, 0) is 24.1 Å². The number of hydrogen-bond acceptors (Lipinski definition) is 3. The highest BCUT2D eigenvalue weighted by Gasteiger charge is 2.20. The van der Waals surface area contributed by atoms with E-state index in [0.29, 0.717) is 5.56 Å². The summed E-state index contributed by atoms with van der Waals surface area (Å²) in [6.45, 7) is 4.50. The standard InChI is InChI=1S/C18H21N3O/c22-18(17-8-4-9-19-14-17)21-11-5-10-20(12-13-21)15-16-6-2-1-3-7-16/h1-4,6-9,14H,5,10-13,15H2. The van der Waals surface area contributed by atoms with Gasteiger partial charge in [-0.1, -0.05) is 30.3 Å². The number of hydrogen-bond donors (Lipinski definition) is 0. The van der Waals surface area contributed by atoms with Gasteiger partial charge < -0.3 is 4.90 Å². The Morgan fingerprint density at radius 2 is 1.86 bits per heavy atom. The van der Waals surface area contributed by atoms with Crippen LogP contribution in [0.25, 0.3) is 0 Å². The minimum atomic E-state index is 0.0923. The maximum absolute atomic E-state index is 12.5. The van der Waals surface area contributed by atoms with Crippen LogP contribution in [0.1, 0.15) is 22.3 Å². The predicted octanol–water partition coefficient (Wildman–Crippen LogP) is 2.43. The maximum atomic E-state index is 12.5. The molecule has 1 aromatic heterocycles. The van der Waals surface area contributed by atoms with Crippen LogP contribution < -0.4 is 0 Å². The summed E-state index contributed by atoms with van der Waals surface area (Å²) in [5.74, 6) is 0.0923. The molecule has 0 saturated carbocycles. The first-order valence-corrected chi connectivity index (χ1v) is 7.78. The Kier molecular flexibility index (Phi) is 4.81. The molecule has 1 saturated heterocycles. The highest BCUT2D eigenvalue weighted by atomic mass is 16.2. The largest absolute Gasteiger partial charge is 0.337 e. The Labute approximate surface area is 131 Å². The normalized spacial score (nSPS) is 16.3. The summed E-state index contributed by atoms with van der Waals surface area (Å²) < 4.78 is 0. The number of rotatable bonds is 3. The van der Waals surface area contributed by atoms with E-state index < -0.39 is 0 Å². The first kappa shape index (κ1) is 14.7. The van der Waals surface area contributed by atoms with E-state index in [0.717, 1.165) is 39.1 Å². The number of pyridine rings is 1. The number of carbonyl (C=O) groups excluding carboxylic acids is 1. The highest BCUT2D eigenvalue weighted by Crippen LogP contribution is 2.11. The summed E-state index contributed by atoms with van der Waals surface area (Å²) in [7, 11) is 0. The molecule has 0 unspecified atom stereocenters. The Balaban J connectivity index is 1.59. The second-order valence-electron chi connectivity index (χ2n) is 5.65. The second-order valence-corrected chi connectivity index (χ2v) is 5.65. The van der Waals surface area contributed by atoms with Gasteiger partial charge in [0.2, 0.25) is 0 Å². The molecule has 1 aromatic carbocycles. The molecule has 4 nitrogen and oxygen atoms in total. The molecule has 0 N–H and O–H groups in total. The van der Waals surface area contributed by atoms with Crippen LogP contribution in [-0.4, -0.2) is 46.9 Å². The first-order valence-electron chi connectivity index (χ1n) is 7.78. The monoisotopic (exact) mass is 295 g/mol. The summed E-state index contributed by atoms with van der Waals surface area (Å²) in [4.78, 5) is 20.9. The molecule has 3 rings (SSSR count). The average molecular weight is 295 g/mol. The van der Waals surface area contributed by atoms with Crippen molar-refractivity contribution in [2.45, 2.75) is 13.0 Å². The SMILES string of the molecule is O=C(c1cccnc1)N1CCCN(Cc2ccccc2)CC1. The van der Waals surface area contributed by atoms with Gasteiger partial charge in [-0.2, -0.15) is 0 Å².